The Morgan fingerprint density at radius 1 is 0.902 bits per heavy atom. The molecular weight excluding hydrogens is 603 g/mol. The Balaban J connectivity index is 0.00000588. The van der Waals surface area contributed by atoms with E-state index in [4.69, 9.17) is 9.47 Å². The summed E-state index contributed by atoms with van der Waals surface area (Å²) in [7, 11) is 0. The largest absolute Gasteiger partial charge is 1.00 e. The minimum Gasteiger partial charge on any atom is -1.00 e. The first-order valence-corrected chi connectivity index (χ1v) is 15.9. The number of anilines is 1. The number of rotatable bonds is 20. The third-order valence-corrected chi connectivity index (χ3v) is 7.89. The molecule has 0 saturated carbocycles. The summed E-state index contributed by atoms with van der Waals surface area (Å²) >= 11 is 1.64. The van der Waals surface area contributed by atoms with Crippen LogP contribution in [-0.2, 0) is 11.3 Å². The number of hydrogen-bond donors (Lipinski definition) is 1. The van der Waals surface area contributed by atoms with Gasteiger partial charge in [-0.25, -0.2) is 4.39 Å². The Labute approximate surface area is 260 Å². The molecule has 0 bridgehead atoms. The average molecular weight is 650 g/mol. The molecule has 1 amide bonds. The molecule has 1 aromatic heterocycles. The van der Waals surface area contributed by atoms with Gasteiger partial charge in [-0.1, -0.05) is 107 Å². The molecule has 0 atom stereocenters. The molecule has 226 valence electrons. The molecule has 0 saturated heterocycles. The van der Waals surface area contributed by atoms with E-state index in [2.05, 4.69) is 34.6 Å². The second kappa shape index (κ2) is 20.4. The summed E-state index contributed by atoms with van der Waals surface area (Å²) in [4.78, 5) is 12.5. The molecule has 0 aliphatic heterocycles. The van der Waals surface area contributed by atoms with E-state index in [1.54, 1.807) is 23.5 Å². The van der Waals surface area contributed by atoms with Gasteiger partial charge in [0.25, 0.3) is 5.91 Å². The van der Waals surface area contributed by atoms with E-state index in [1.807, 2.05) is 24.3 Å². The molecule has 2 aromatic carbocycles. The monoisotopic (exact) mass is 648 g/mol. The van der Waals surface area contributed by atoms with Crippen LogP contribution in [0.15, 0.2) is 53.4 Å². The standard InChI is InChI=1S/C33H45FN2O3S.BrH/c1-3-4-5-6-7-8-9-10-11-12-13-16-21-38-32-20-19-29(22-30(32)34)39-24-33(37)35-31-18-15-14-17-28(31)23-36-26-40-25-27(36)2;/h14-15,17-20,22,25-26H,3-13,16,21,23-24H2,1-2H3;1H. The Morgan fingerprint density at radius 2 is 1.56 bits per heavy atom. The molecular formula is C33H46BrFN2O3S. The van der Waals surface area contributed by atoms with Crippen molar-refractivity contribution in [2.24, 2.45) is 0 Å². The summed E-state index contributed by atoms with van der Waals surface area (Å²) < 4.78 is 27.9. The first-order valence-electron chi connectivity index (χ1n) is 14.9. The van der Waals surface area contributed by atoms with E-state index in [0.717, 1.165) is 29.8 Å². The van der Waals surface area contributed by atoms with Crippen molar-refractivity contribution in [2.45, 2.75) is 97.4 Å². The van der Waals surface area contributed by atoms with Gasteiger partial charge in [0.15, 0.2) is 30.4 Å². The number of ether oxygens (including phenoxy) is 2. The molecule has 0 aliphatic rings. The van der Waals surface area contributed by atoms with E-state index in [-0.39, 0.29) is 35.2 Å². The molecule has 3 aromatic rings. The maximum absolute atomic E-state index is 14.5. The van der Waals surface area contributed by atoms with Gasteiger partial charge in [-0.15, -0.1) is 0 Å². The number of thiazole rings is 1. The Bertz CT molecular complexity index is 1160. The van der Waals surface area contributed by atoms with Gasteiger partial charge in [-0.05, 0) is 24.6 Å². The fourth-order valence-corrected chi connectivity index (χ4v) is 5.41. The predicted octanol–water partition coefficient (Wildman–Crippen LogP) is 5.63. The SMILES string of the molecule is CCCCCCCCCCCCCCOc1ccc(OCC(=O)Nc2ccccc2C[n+]2cscc2C)cc1F.[Br-]. The summed E-state index contributed by atoms with van der Waals surface area (Å²) in [6, 6.07) is 12.2. The molecule has 3 rings (SSSR count). The van der Waals surface area contributed by atoms with Gasteiger partial charge >= 0.3 is 0 Å². The number of carbonyl (C=O) groups excluding carboxylic acids is 1. The lowest BCUT2D eigenvalue weighted by Gasteiger charge is -2.11. The minimum absolute atomic E-state index is 0. The van der Waals surface area contributed by atoms with Gasteiger partial charge in [-0.3, -0.25) is 4.79 Å². The van der Waals surface area contributed by atoms with Crippen LogP contribution in [0.25, 0.3) is 0 Å². The first-order chi connectivity index (χ1) is 19.6. The molecule has 0 unspecified atom stereocenters. The highest BCUT2D eigenvalue weighted by Gasteiger charge is 2.14. The van der Waals surface area contributed by atoms with Crippen LogP contribution >= 0.6 is 11.3 Å². The van der Waals surface area contributed by atoms with Gasteiger partial charge in [0.05, 0.1) is 17.7 Å². The second-order valence-electron chi connectivity index (χ2n) is 10.5. The molecule has 0 spiro atoms. The highest BCUT2D eigenvalue weighted by molar-refractivity contribution is 7.07. The number of hydrogen-bond acceptors (Lipinski definition) is 4. The van der Waals surface area contributed by atoms with E-state index in [9.17, 15) is 9.18 Å². The smallest absolute Gasteiger partial charge is 0.262 e. The molecule has 0 aliphatic carbocycles. The van der Waals surface area contributed by atoms with Crippen LogP contribution in [-0.4, -0.2) is 19.1 Å². The summed E-state index contributed by atoms with van der Waals surface area (Å²) in [5.41, 5.74) is 4.96. The quantitative estimate of drug-likeness (QED) is 0.128. The Hall–Kier alpha value is -2.45. The third kappa shape index (κ3) is 13.4. The fraction of sp³-hybridized carbons (Fsp3) is 0.515. The van der Waals surface area contributed by atoms with Crippen molar-refractivity contribution in [3.63, 3.8) is 0 Å². The van der Waals surface area contributed by atoms with Crippen LogP contribution in [0.2, 0.25) is 0 Å². The Morgan fingerprint density at radius 3 is 2.20 bits per heavy atom. The van der Waals surface area contributed by atoms with E-state index >= 15 is 0 Å². The lowest BCUT2D eigenvalue weighted by molar-refractivity contribution is -0.689. The Kier molecular flexibility index (Phi) is 17.3. The van der Waals surface area contributed by atoms with E-state index in [1.165, 1.54) is 70.3 Å². The number of nitrogens with zero attached hydrogens (tertiary/aromatic N) is 1. The molecule has 1 heterocycles. The fourth-order valence-electron chi connectivity index (χ4n) is 4.63. The van der Waals surface area contributed by atoms with Crippen molar-refractivity contribution < 1.29 is 40.2 Å². The van der Waals surface area contributed by atoms with Gasteiger partial charge < -0.3 is 31.8 Å². The molecule has 5 nitrogen and oxygen atoms in total. The third-order valence-electron chi connectivity index (χ3n) is 7.04. The number of amides is 1. The maximum atomic E-state index is 14.5. The number of benzene rings is 2. The van der Waals surface area contributed by atoms with Crippen LogP contribution in [0, 0.1) is 12.7 Å². The molecule has 0 radical (unpaired) electrons. The van der Waals surface area contributed by atoms with Crippen LogP contribution < -0.4 is 36.3 Å². The number of halogens is 2. The summed E-state index contributed by atoms with van der Waals surface area (Å²) in [6.07, 6.45) is 15.3. The number of carbonyl (C=O) groups is 1. The zero-order valence-electron chi connectivity index (χ0n) is 24.6. The summed E-state index contributed by atoms with van der Waals surface area (Å²) in [6.45, 7) is 5.27. The zero-order chi connectivity index (χ0) is 28.4. The van der Waals surface area contributed by atoms with Crippen molar-refractivity contribution >= 4 is 22.9 Å². The highest BCUT2D eigenvalue weighted by atomic mass is 79.9. The topological polar surface area (TPSA) is 51.4 Å². The summed E-state index contributed by atoms with van der Waals surface area (Å²) in [5.74, 6) is -0.268. The second-order valence-corrected chi connectivity index (χ2v) is 11.2. The lowest BCUT2D eigenvalue weighted by atomic mass is 10.1. The van der Waals surface area contributed by atoms with Crippen molar-refractivity contribution in [3.05, 3.63) is 70.4 Å². The van der Waals surface area contributed by atoms with Gasteiger partial charge in [-0.2, -0.15) is 4.57 Å². The number of nitrogens with one attached hydrogen (secondary N) is 1. The van der Waals surface area contributed by atoms with Crippen LogP contribution in [0.3, 0.4) is 0 Å². The lowest BCUT2D eigenvalue weighted by Crippen LogP contribution is -3.00. The molecule has 8 heteroatoms. The van der Waals surface area contributed by atoms with Gasteiger partial charge in [0, 0.05) is 18.6 Å². The average Bonchev–Trinajstić information content (AvgIpc) is 3.36. The predicted molar refractivity (Wildman–Crippen MR) is 162 cm³/mol. The maximum Gasteiger partial charge on any atom is 0.262 e. The number of para-hydroxylation sites is 1. The zero-order valence-corrected chi connectivity index (χ0v) is 27.0. The first kappa shape index (κ1) is 34.7. The minimum atomic E-state index is -0.481. The van der Waals surface area contributed by atoms with Crippen molar-refractivity contribution in [2.75, 3.05) is 18.5 Å². The van der Waals surface area contributed by atoms with Gasteiger partial charge in [0.2, 0.25) is 5.51 Å². The number of unbranched alkanes of at least 4 members (excludes halogenated alkanes) is 11. The van der Waals surface area contributed by atoms with Crippen molar-refractivity contribution in [1.29, 1.82) is 0 Å². The molecule has 1 N–H and O–H groups in total. The van der Waals surface area contributed by atoms with Gasteiger partial charge in [0.1, 0.15) is 5.75 Å². The number of aryl methyl sites for hydroxylation is 1. The van der Waals surface area contributed by atoms with Crippen molar-refractivity contribution in [3.8, 4) is 11.5 Å². The van der Waals surface area contributed by atoms with Crippen LogP contribution in [0.5, 0.6) is 11.5 Å². The number of aromatic nitrogens is 1. The van der Waals surface area contributed by atoms with Crippen molar-refractivity contribution in [1.82, 2.24) is 0 Å². The summed E-state index contributed by atoms with van der Waals surface area (Å²) in [5, 5.41) is 5.00. The van der Waals surface area contributed by atoms with E-state index < -0.39 is 5.82 Å². The van der Waals surface area contributed by atoms with E-state index in [0.29, 0.717) is 18.9 Å². The van der Waals surface area contributed by atoms with Crippen LogP contribution in [0.1, 0.15) is 95.2 Å². The molecule has 41 heavy (non-hydrogen) atoms. The normalized spacial score (nSPS) is 10.7. The molecule has 0 fully saturated rings. The van der Waals surface area contributed by atoms with Crippen LogP contribution in [0.4, 0.5) is 10.1 Å². The highest BCUT2D eigenvalue weighted by Crippen LogP contribution is 2.23.